The highest BCUT2D eigenvalue weighted by molar-refractivity contribution is 5.55. The van der Waals surface area contributed by atoms with E-state index in [0.29, 0.717) is 11.6 Å². The molecule has 0 aromatic carbocycles. The highest BCUT2D eigenvalue weighted by atomic mass is 15.1. The topological polar surface area (TPSA) is 69.6 Å². The van der Waals surface area contributed by atoms with Crippen molar-refractivity contribution in [1.29, 1.82) is 0 Å². The number of nitrogens with zero attached hydrogens (tertiary/aromatic N) is 4. The van der Waals surface area contributed by atoms with Crippen LogP contribution in [0, 0.1) is 0 Å². The van der Waals surface area contributed by atoms with E-state index in [9.17, 15) is 0 Å². The van der Waals surface area contributed by atoms with Gasteiger partial charge in [0.15, 0.2) is 5.82 Å². The predicted octanol–water partition coefficient (Wildman–Crippen LogP) is 2.60. The Labute approximate surface area is 119 Å². The van der Waals surface area contributed by atoms with E-state index in [2.05, 4.69) is 21.5 Å². The molecule has 2 heterocycles. The number of nitrogens with two attached hydrogens (primary N) is 1. The van der Waals surface area contributed by atoms with Crippen LogP contribution in [0.4, 0.5) is 5.82 Å². The molecular formula is C15H21N5. The lowest BCUT2D eigenvalue weighted by Crippen LogP contribution is -2.08. The molecule has 106 valence electrons. The summed E-state index contributed by atoms with van der Waals surface area (Å²) in [6.45, 7) is 3.08. The van der Waals surface area contributed by atoms with Gasteiger partial charge in [0, 0.05) is 17.8 Å². The Kier molecular flexibility index (Phi) is 3.67. The number of anilines is 1. The van der Waals surface area contributed by atoms with Crippen LogP contribution in [-0.2, 0) is 19.4 Å². The third kappa shape index (κ3) is 2.40. The Morgan fingerprint density at radius 3 is 2.90 bits per heavy atom. The molecule has 0 radical (unpaired) electrons. The minimum Gasteiger partial charge on any atom is -0.383 e. The summed E-state index contributed by atoms with van der Waals surface area (Å²) in [5, 5.41) is 0. The number of rotatable bonds is 3. The van der Waals surface area contributed by atoms with Crippen LogP contribution < -0.4 is 5.73 Å². The van der Waals surface area contributed by atoms with Gasteiger partial charge in [-0.2, -0.15) is 0 Å². The van der Waals surface area contributed by atoms with Gasteiger partial charge in [-0.1, -0.05) is 13.3 Å². The van der Waals surface area contributed by atoms with Crippen LogP contribution in [0.1, 0.15) is 43.9 Å². The predicted molar refractivity (Wildman–Crippen MR) is 79.2 cm³/mol. The molecule has 0 spiro atoms. The van der Waals surface area contributed by atoms with Crippen LogP contribution in [0.2, 0.25) is 0 Å². The molecule has 2 aromatic heterocycles. The normalized spacial score (nSPS) is 14.8. The third-order valence-electron chi connectivity index (χ3n) is 3.87. The zero-order valence-corrected chi connectivity index (χ0v) is 12.0. The summed E-state index contributed by atoms with van der Waals surface area (Å²) < 4.78 is 2.10. The van der Waals surface area contributed by atoms with Crippen molar-refractivity contribution in [2.75, 3.05) is 5.73 Å². The van der Waals surface area contributed by atoms with E-state index in [0.717, 1.165) is 42.8 Å². The van der Waals surface area contributed by atoms with Crippen molar-refractivity contribution in [1.82, 2.24) is 19.5 Å². The molecule has 5 nitrogen and oxygen atoms in total. The molecule has 0 fully saturated rings. The standard InChI is InChI=1S/C15H21N5/c1-2-8-20-10-17-9-13(20)15-18-12-7-5-3-4-6-11(12)14(16)19-15/h9-10H,2-8H2,1H3,(H2,16,18,19). The van der Waals surface area contributed by atoms with E-state index in [-0.39, 0.29) is 0 Å². The van der Waals surface area contributed by atoms with Crippen LogP contribution in [0.5, 0.6) is 0 Å². The molecule has 0 amide bonds. The van der Waals surface area contributed by atoms with Gasteiger partial charge in [-0.05, 0) is 32.1 Å². The Bertz CT molecular complexity index is 602. The van der Waals surface area contributed by atoms with Crippen LogP contribution in [0.3, 0.4) is 0 Å². The van der Waals surface area contributed by atoms with Crippen molar-refractivity contribution < 1.29 is 0 Å². The molecule has 1 aliphatic carbocycles. The maximum atomic E-state index is 6.16. The molecule has 1 aliphatic rings. The van der Waals surface area contributed by atoms with E-state index < -0.39 is 0 Å². The van der Waals surface area contributed by atoms with Gasteiger partial charge < -0.3 is 10.3 Å². The largest absolute Gasteiger partial charge is 0.383 e. The fraction of sp³-hybridized carbons (Fsp3) is 0.533. The Morgan fingerprint density at radius 1 is 1.20 bits per heavy atom. The summed E-state index contributed by atoms with van der Waals surface area (Å²) in [5.41, 5.74) is 9.42. The van der Waals surface area contributed by atoms with Crippen LogP contribution >= 0.6 is 0 Å². The van der Waals surface area contributed by atoms with Gasteiger partial charge in [0.25, 0.3) is 0 Å². The van der Waals surface area contributed by atoms with Gasteiger partial charge >= 0.3 is 0 Å². The SMILES string of the molecule is CCCn1cncc1-c1nc(N)c2c(n1)CCCCC2. The van der Waals surface area contributed by atoms with E-state index in [4.69, 9.17) is 10.7 Å². The minimum absolute atomic E-state index is 0.649. The van der Waals surface area contributed by atoms with Crippen LogP contribution in [0.15, 0.2) is 12.5 Å². The Balaban J connectivity index is 2.04. The highest BCUT2D eigenvalue weighted by Crippen LogP contribution is 2.26. The summed E-state index contributed by atoms with van der Waals surface area (Å²) in [6, 6.07) is 0. The number of aromatic nitrogens is 4. The van der Waals surface area contributed by atoms with Gasteiger partial charge in [0.05, 0.1) is 12.5 Å². The quantitative estimate of drug-likeness (QED) is 0.871. The number of hydrogen-bond acceptors (Lipinski definition) is 4. The lowest BCUT2D eigenvalue weighted by atomic mass is 10.1. The van der Waals surface area contributed by atoms with Crippen molar-refractivity contribution in [3.8, 4) is 11.5 Å². The zero-order chi connectivity index (χ0) is 13.9. The fourth-order valence-electron chi connectivity index (χ4n) is 2.84. The zero-order valence-electron chi connectivity index (χ0n) is 12.0. The molecule has 0 bridgehead atoms. The van der Waals surface area contributed by atoms with Crippen LogP contribution in [-0.4, -0.2) is 19.5 Å². The average Bonchev–Trinajstić information content (AvgIpc) is 2.76. The molecule has 0 atom stereocenters. The molecule has 2 aromatic rings. The number of imidazole rings is 1. The van der Waals surface area contributed by atoms with Gasteiger partial charge in [0.2, 0.25) is 0 Å². The molecule has 0 saturated carbocycles. The first-order valence-corrected chi connectivity index (χ1v) is 7.45. The lowest BCUT2D eigenvalue weighted by molar-refractivity contribution is 0.680. The van der Waals surface area contributed by atoms with Crippen molar-refractivity contribution >= 4 is 5.82 Å². The molecule has 0 unspecified atom stereocenters. The van der Waals surface area contributed by atoms with E-state index >= 15 is 0 Å². The molecule has 5 heteroatoms. The van der Waals surface area contributed by atoms with E-state index in [1.807, 2.05) is 12.5 Å². The molecular weight excluding hydrogens is 250 g/mol. The van der Waals surface area contributed by atoms with Gasteiger partial charge in [-0.25, -0.2) is 15.0 Å². The smallest absolute Gasteiger partial charge is 0.180 e. The second-order valence-electron chi connectivity index (χ2n) is 5.39. The molecule has 0 saturated heterocycles. The minimum atomic E-state index is 0.649. The Morgan fingerprint density at radius 2 is 2.05 bits per heavy atom. The van der Waals surface area contributed by atoms with Crippen LogP contribution in [0.25, 0.3) is 11.5 Å². The van der Waals surface area contributed by atoms with Crippen molar-refractivity contribution in [2.45, 2.75) is 52.0 Å². The van der Waals surface area contributed by atoms with Crippen molar-refractivity contribution in [3.05, 3.63) is 23.8 Å². The summed E-state index contributed by atoms with van der Waals surface area (Å²) in [5.74, 6) is 1.37. The summed E-state index contributed by atoms with van der Waals surface area (Å²) in [4.78, 5) is 13.5. The fourth-order valence-corrected chi connectivity index (χ4v) is 2.84. The lowest BCUT2D eigenvalue weighted by Gasteiger charge is -2.11. The van der Waals surface area contributed by atoms with Gasteiger partial charge in [-0.3, -0.25) is 0 Å². The van der Waals surface area contributed by atoms with Gasteiger partial charge in [-0.15, -0.1) is 0 Å². The monoisotopic (exact) mass is 271 g/mol. The second kappa shape index (κ2) is 5.61. The first-order chi connectivity index (χ1) is 9.79. The number of fused-ring (bicyclic) bond motifs is 1. The van der Waals surface area contributed by atoms with Crippen molar-refractivity contribution in [2.24, 2.45) is 0 Å². The average molecular weight is 271 g/mol. The summed E-state index contributed by atoms with van der Waals surface area (Å²) in [7, 11) is 0. The third-order valence-corrected chi connectivity index (χ3v) is 3.87. The maximum absolute atomic E-state index is 6.16. The van der Waals surface area contributed by atoms with E-state index in [1.54, 1.807) is 0 Å². The molecule has 2 N–H and O–H groups in total. The van der Waals surface area contributed by atoms with Crippen molar-refractivity contribution in [3.63, 3.8) is 0 Å². The van der Waals surface area contributed by atoms with Gasteiger partial charge in [0.1, 0.15) is 11.5 Å². The Hall–Kier alpha value is -1.91. The first kappa shape index (κ1) is 13.1. The number of aryl methyl sites for hydroxylation is 2. The summed E-state index contributed by atoms with van der Waals surface area (Å²) in [6.07, 6.45) is 10.4. The van der Waals surface area contributed by atoms with E-state index in [1.165, 1.54) is 19.3 Å². The first-order valence-electron chi connectivity index (χ1n) is 7.45. The second-order valence-corrected chi connectivity index (χ2v) is 5.39. The molecule has 0 aliphatic heterocycles. The molecule has 20 heavy (non-hydrogen) atoms. The number of hydrogen-bond donors (Lipinski definition) is 1. The number of nitrogen functional groups attached to an aromatic ring is 1. The summed E-state index contributed by atoms with van der Waals surface area (Å²) >= 11 is 0. The molecule has 3 rings (SSSR count). The maximum Gasteiger partial charge on any atom is 0.180 e. The highest BCUT2D eigenvalue weighted by Gasteiger charge is 2.17.